The van der Waals surface area contributed by atoms with Gasteiger partial charge in [-0.25, -0.2) is 9.78 Å². The van der Waals surface area contributed by atoms with Crippen LogP contribution in [0.3, 0.4) is 0 Å². The van der Waals surface area contributed by atoms with E-state index in [1.165, 1.54) is 4.57 Å². The molecule has 24 heavy (non-hydrogen) atoms. The van der Waals surface area contributed by atoms with Gasteiger partial charge in [0, 0.05) is 20.7 Å². The van der Waals surface area contributed by atoms with E-state index >= 15 is 0 Å². The quantitative estimate of drug-likeness (QED) is 0.540. The van der Waals surface area contributed by atoms with Crippen LogP contribution in [0, 0.1) is 0 Å². The largest absolute Gasteiger partial charge is 0.476 e. The van der Waals surface area contributed by atoms with Crippen molar-refractivity contribution < 1.29 is 9.90 Å². The SMILES string of the molecule is O=C(O)c1nc(-c2ccc(Cl)cc2Cl)n(-c2ccc(Br)cc2)c1Cl. The summed E-state index contributed by atoms with van der Waals surface area (Å²) >= 11 is 21.8. The molecule has 3 rings (SSSR count). The number of carboxylic acids is 1. The first-order chi connectivity index (χ1) is 11.4. The fourth-order valence-electron chi connectivity index (χ4n) is 2.21. The Labute approximate surface area is 160 Å². The van der Waals surface area contributed by atoms with Crippen LogP contribution in [0.4, 0.5) is 0 Å². The van der Waals surface area contributed by atoms with Crippen molar-refractivity contribution in [2.75, 3.05) is 0 Å². The number of benzene rings is 2. The standard InChI is InChI=1S/C16H8BrCl3N2O2/c17-8-1-4-10(5-2-8)22-14(20)13(16(23)24)21-15(22)11-6-3-9(18)7-12(11)19/h1-7H,(H,23,24). The van der Waals surface area contributed by atoms with Crippen molar-refractivity contribution in [3.63, 3.8) is 0 Å². The van der Waals surface area contributed by atoms with Crippen LogP contribution in [0.1, 0.15) is 10.5 Å². The molecule has 4 nitrogen and oxygen atoms in total. The number of imidazole rings is 1. The molecular weight excluding hydrogens is 438 g/mol. The fourth-order valence-corrected chi connectivity index (χ4v) is 3.27. The van der Waals surface area contributed by atoms with Gasteiger partial charge in [0.2, 0.25) is 0 Å². The van der Waals surface area contributed by atoms with Gasteiger partial charge >= 0.3 is 5.97 Å². The summed E-state index contributed by atoms with van der Waals surface area (Å²) in [5, 5.41) is 10.1. The molecule has 0 aliphatic carbocycles. The molecule has 122 valence electrons. The Kier molecular flexibility index (Phi) is 4.88. The molecule has 1 heterocycles. The lowest BCUT2D eigenvalue weighted by atomic mass is 10.2. The lowest BCUT2D eigenvalue weighted by Gasteiger charge is -2.10. The zero-order valence-electron chi connectivity index (χ0n) is 11.8. The second-order valence-corrected chi connectivity index (χ2v) is 6.93. The fraction of sp³-hybridized carbons (Fsp3) is 0. The van der Waals surface area contributed by atoms with Gasteiger partial charge in [0.1, 0.15) is 11.0 Å². The number of halogens is 4. The summed E-state index contributed by atoms with van der Waals surface area (Å²) in [6.07, 6.45) is 0. The minimum absolute atomic E-state index is 0.00848. The summed E-state index contributed by atoms with van der Waals surface area (Å²) in [6.45, 7) is 0. The summed E-state index contributed by atoms with van der Waals surface area (Å²) in [4.78, 5) is 15.6. The second kappa shape index (κ2) is 6.76. The van der Waals surface area contributed by atoms with Crippen LogP contribution in [0.2, 0.25) is 15.2 Å². The van der Waals surface area contributed by atoms with Crippen molar-refractivity contribution in [1.82, 2.24) is 9.55 Å². The molecule has 1 N–H and O–H groups in total. The topological polar surface area (TPSA) is 55.1 Å². The average Bonchev–Trinajstić information content (AvgIpc) is 2.86. The Balaban J connectivity index is 2.30. The first-order valence-corrected chi connectivity index (χ1v) is 8.54. The predicted molar refractivity (Wildman–Crippen MR) is 98.7 cm³/mol. The van der Waals surface area contributed by atoms with Crippen LogP contribution in [0.15, 0.2) is 46.9 Å². The molecule has 0 aliphatic heterocycles. The van der Waals surface area contributed by atoms with E-state index in [1.807, 2.05) is 12.1 Å². The minimum atomic E-state index is -1.22. The molecule has 0 saturated carbocycles. The molecule has 3 aromatic rings. The number of aromatic carboxylic acids is 1. The molecule has 0 bridgehead atoms. The van der Waals surface area contributed by atoms with Crippen LogP contribution < -0.4 is 0 Å². The van der Waals surface area contributed by atoms with Gasteiger partial charge in [-0.3, -0.25) is 4.57 Å². The van der Waals surface area contributed by atoms with Crippen LogP contribution in [-0.4, -0.2) is 20.6 Å². The highest BCUT2D eigenvalue weighted by molar-refractivity contribution is 9.10. The number of carboxylic acid groups (broad SMARTS) is 1. The van der Waals surface area contributed by atoms with Crippen LogP contribution in [0.5, 0.6) is 0 Å². The van der Waals surface area contributed by atoms with Gasteiger partial charge in [-0.2, -0.15) is 0 Å². The van der Waals surface area contributed by atoms with Crippen molar-refractivity contribution in [3.05, 3.63) is 67.8 Å². The molecule has 0 saturated heterocycles. The van der Waals surface area contributed by atoms with Crippen molar-refractivity contribution in [2.45, 2.75) is 0 Å². The Hall–Kier alpha value is -1.53. The van der Waals surface area contributed by atoms with E-state index < -0.39 is 5.97 Å². The lowest BCUT2D eigenvalue weighted by molar-refractivity contribution is 0.0691. The van der Waals surface area contributed by atoms with E-state index in [-0.39, 0.29) is 10.8 Å². The normalized spacial score (nSPS) is 10.8. The maximum Gasteiger partial charge on any atom is 0.357 e. The molecule has 8 heteroatoms. The van der Waals surface area contributed by atoms with Gasteiger partial charge in [-0.15, -0.1) is 0 Å². The predicted octanol–water partition coefficient (Wildman–Crippen LogP) is 5.96. The molecule has 0 unspecified atom stereocenters. The van der Waals surface area contributed by atoms with Crippen molar-refractivity contribution in [1.29, 1.82) is 0 Å². The summed E-state index contributed by atoms with van der Waals surface area (Å²) < 4.78 is 2.42. The van der Waals surface area contributed by atoms with Crippen molar-refractivity contribution in [2.24, 2.45) is 0 Å². The highest BCUT2D eigenvalue weighted by atomic mass is 79.9. The maximum absolute atomic E-state index is 11.4. The number of hydrogen-bond acceptors (Lipinski definition) is 2. The summed E-state index contributed by atoms with van der Waals surface area (Å²) in [6, 6.07) is 12.1. The number of nitrogens with zero attached hydrogens (tertiary/aromatic N) is 2. The molecule has 0 aliphatic rings. The van der Waals surface area contributed by atoms with Crippen LogP contribution in [0.25, 0.3) is 17.1 Å². The Bertz CT molecular complexity index is 939. The van der Waals surface area contributed by atoms with E-state index in [1.54, 1.807) is 30.3 Å². The second-order valence-electron chi connectivity index (χ2n) is 4.82. The van der Waals surface area contributed by atoms with E-state index in [2.05, 4.69) is 20.9 Å². The molecule has 0 radical (unpaired) electrons. The van der Waals surface area contributed by atoms with Crippen LogP contribution >= 0.6 is 50.7 Å². The maximum atomic E-state index is 11.4. The first kappa shape index (κ1) is 17.3. The number of hydrogen-bond donors (Lipinski definition) is 1. The molecule has 2 aromatic carbocycles. The third kappa shape index (κ3) is 3.17. The lowest BCUT2D eigenvalue weighted by Crippen LogP contribution is -1.99. The molecule has 0 spiro atoms. The Morgan fingerprint density at radius 2 is 1.75 bits per heavy atom. The smallest absolute Gasteiger partial charge is 0.357 e. The number of aromatic nitrogens is 2. The van der Waals surface area contributed by atoms with Gasteiger partial charge in [0.05, 0.1) is 5.02 Å². The zero-order valence-corrected chi connectivity index (χ0v) is 15.7. The Morgan fingerprint density at radius 3 is 2.33 bits per heavy atom. The summed E-state index contributed by atoms with van der Waals surface area (Å²) in [5.74, 6) is -0.899. The minimum Gasteiger partial charge on any atom is -0.476 e. The van der Waals surface area contributed by atoms with Gasteiger partial charge in [0.15, 0.2) is 5.69 Å². The van der Waals surface area contributed by atoms with E-state index in [4.69, 9.17) is 34.8 Å². The zero-order chi connectivity index (χ0) is 17.4. The number of rotatable bonds is 3. The third-order valence-corrected chi connectivity index (χ3v) is 4.71. The van der Waals surface area contributed by atoms with Gasteiger partial charge in [-0.05, 0) is 42.5 Å². The van der Waals surface area contributed by atoms with Crippen molar-refractivity contribution >= 4 is 56.7 Å². The van der Waals surface area contributed by atoms with Gasteiger partial charge < -0.3 is 5.11 Å². The van der Waals surface area contributed by atoms with Crippen molar-refractivity contribution in [3.8, 4) is 17.1 Å². The monoisotopic (exact) mass is 444 g/mol. The summed E-state index contributed by atoms with van der Waals surface area (Å²) in [5.41, 5.74) is 0.934. The number of carbonyl (C=O) groups is 1. The van der Waals surface area contributed by atoms with Gasteiger partial charge in [0.25, 0.3) is 0 Å². The van der Waals surface area contributed by atoms with E-state index in [0.717, 1.165) is 4.47 Å². The highest BCUT2D eigenvalue weighted by Crippen LogP contribution is 2.35. The molecule has 0 fully saturated rings. The molecular formula is C16H8BrCl3N2O2. The van der Waals surface area contributed by atoms with E-state index in [9.17, 15) is 9.90 Å². The Morgan fingerprint density at radius 1 is 1.08 bits per heavy atom. The highest BCUT2D eigenvalue weighted by Gasteiger charge is 2.24. The third-order valence-electron chi connectivity index (χ3n) is 3.28. The van der Waals surface area contributed by atoms with E-state index in [0.29, 0.717) is 27.1 Å². The first-order valence-electron chi connectivity index (χ1n) is 6.61. The summed E-state index contributed by atoms with van der Waals surface area (Å²) in [7, 11) is 0. The van der Waals surface area contributed by atoms with Crippen LogP contribution in [-0.2, 0) is 0 Å². The molecule has 0 amide bonds. The molecule has 0 atom stereocenters. The van der Waals surface area contributed by atoms with Gasteiger partial charge in [-0.1, -0.05) is 50.7 Å². The average molecular weight is 447 g/mol. The molecule has 1 aromatic heterocycles.